The van der Waals surface area contributed by atoms with Crippen LogP contribution in [0, 0.1) is 6.92 Å². The summed E-state index contributed by atoms with van der Waals surface area (Å²) in [6, 6.07) is 9.42. The van der Waals surface area contributed by atoms with Gasteiger partial charge in [-0.15, -0.1) is 10.2 Å². The van der Waals surface area contributed by atoms with Crippen molar-refractivity contribution in [1.29, 1.82) is 0 Å². The predicted molar refractivity (Wildman–Crippen MR) is 72.6 cm³/mol. The van der Waals surface area contributed by atoms with E-state index in [9.17, 15) is 0 Å². The number of fused-ring (bicyclic) bond motifs is 1. The molecule has 0 bridgehead atoms. The van der Waals surface area contributed by atoms with E-state index < -0.39 is 0 Å². The maximum absolute atomic E-state index is 6.02. The minimum absolute atomic E-state index is 0.365. The molecule has 3 aromatic rings. The van der Waals surface area contributed by atoms with Crippen LogP contribution < -0.4 is 4.74 Å². The third kappa shape index (κ3) is 2.13. The molecule has 0 N–H and O–H groups in total. The van der Waals surface area contributed by atoms with E-state index in [2.05, 4.69) is 15.3 Å². The first-order valence-corrected chi connectivity index (χ1v) is 6.12. The van der Waals surface area contributed by atoms with E-state index in [1.165, 1.54) is 0 Å². The number of ether oxygens (including phenoxy) is 1. The third-order valence-electron chi connectivity index (χ3n) is 2.77. The van der Waals surface area contributed by atoms with Gasteiger partial charge in [0.25, 0.3) is 0 Å². The first kappa shape index (κ1) is 11.9. The molecule has 0 aliphatic carbocycles. The number of aryl methyl sites for hydroxylation is 2. The molecule has 0 radical (unpaired) electrons. The van der Waals surface area contributed by atoms with E-state index in [-0.39, 0.29) is 0 Å². The molecular weight excluding hydrogens is 264 g/mol. The average molecular weight is 275 g/mol. The van der Waals surface area contributed by atoms with Gasteiger partial charge in [0.2, 0.25) is 11.8 Å². The summed E-state index contributed by atoms with van der Waals surface area (Å²) in [6.07, 6.45) is 0. The molecule has 0 amide bonds. The van der Waals surface area contributed by atoms with Gasteiger partial charge in [0.1, 0.15) is 0 Å². The smallest absolute Gasteiger partial charge is 0.248 e. The lowest BCUT2D eigenvalue weighted by molar-refractivity contribution is 0.415. The zero-order chi connectivity index (χ0) is 13.4. The summed E-state index contributed by atoms with van der Waals surface area (Å²) in [4.78, 5) is 0. The third-order valence-corrected chi connectivity index (χ3v) is 3.05. The molecule has 0 atom stereocenters. The standard InChI is InChI=1S/C13H11ClN4O/c1-8-7-11(18(2)17-8)19-13-10-6-4-3-5-9(10)12(14)15-16-13/h3-7H,1-2H3. The van der Waals surface area contributed by atoms with Gasteiger partial charge in [-0.1, -0.05) is 29.8 Å². The van der Waals surface area contributed by atoms with Crippen LogP contribution in [0.5, 0.6) is 11.8 Å². The minimum Gasteiger partial charge on any atom is -0.419 e. The second-order valence-corrected chi connectivity index (χ2v) is 4.55. The fourth-order valence-corrected chi connectivity index (χ4v) is 2.11. The monoisotopic (exact) mass is 274 g/mol. The molecule has 0 saturated carbocycles. The van der Waals surface area contributed by atoms with Gasteiger partial charge < -0.3 is 4.74 Å². The molecular formula is C13H11ClN4O. The van der Waals surface area contributed by atoms with Gasteiger partial charge in [0, 0.05) is 23.9 Å². The molecule has 6 heteroatoms. The average Bonchev–Trinajstić information content (AvgIpc) is 2.72. The van der Waals surface area contributed by atoms with Crippen LogP contribution in [0.15, 0.2) is 30.3 Å². The topological polar surface area (TPSA) is 52.8 Å². The molecule has 3 rings (SSSR count). The van der Waals surface area contributed by atoms with Crippen LogP contribution in [0.2, 0.25) is 5.15 Å². The van der Waals surface area contributed by atoms with Gasteiger partial charge in [-0.25, -0.2) is 4.68 Å². The van der Waals surface area contributed by atoms with Crippen LogP contribution in [0.25, 0.3) is 10.8 Å². The summed E-state index contributed by atoms with van der Waals surface area (Å²) in [5, 5.41) is 14.1. The summed E-state index contributed by atoms with van der Waals surface area (Å²) in [5.74, 6) is 1.03. The SMILES string of the molecule is Cc1cc(Oc2nnc(Cl)c3ccccc23)n(C)n1. The first-order valence-electron chi connectivity index (χ1n) is 5.74. The van der Waals surface area contributed by atoms with Crippen LogP contribution in [-0.2, 0) is 7.05 Å². The van der Waals surface area contributed by atoms with Crippen molar-refractivity contribution < 1.29 is 4.74 Å². The Balaban J connectivity index is 2.11. The lowest BCUT2D eigenvalue weighted by atomic mass is 10.2. The Hall–Kier alpha value is -2.14. The van der Waals surface area contributed by atoms with E-state index >= 15 is 0 Å². The molecule has 96 valence electrons. The number of halogens is 1. The van der Waals surface area contributed by atoms with E-state index in [4.69, 9.17) is 16.3 Å². The Bertz CT molecular complexity index is 753. The summed E-state index contributed by atoms with van der Waals surface area (Å²) in [6.45, 7) is 1.90. The fourth-order valence-electron chi connectivity index (χ4n) is 1.90. The van der Waals surface area contributed by atoms with E-state index in [0.717, 1.165) is 16.5 Å². The van der Waals surface area contributed by atoms with Crippen LogP contribution in [0.4, 0.5) is 0 Å². The van der Waals surface area contributed by atoms with E-state index in [1.807, 2.05) is 44.3 Å². The molecule has 2 aromatic heterocycles. The van der Waals surface area contributed by atoms with Gasteiger partial charge in [-0.3, -0.25) is 0 Å². The second kappa shape index (κ2) is 4.51. The van der Waals surface area contributed by atoms with Gasteiger partial charge in [-0.05, 0) is 13.0 Å². The quantitative estimate of drug-likeness (QED) is 0.720. The second-order valence-electron chi connectivity index (χ2n) is 4.19. The molecule has 19 heavy (non-hydrogen) atoms. The highest BCUT2D eigenvalue weighted by Crippen LogP contribution is 2.30. The molecule has 5 nitrogen and oxygen atoms in total. The van der Waals surface area contributed by atoms with Crippen LogP contribution in [0.1, 0.15) is 5.69 Å². The maximum Gasteiger partial charge on any atom is 0.248 e. The molecule has 1 aromatic carbocycles. The van der Waals surface area contributed by atoms with Gasteiger partial charge >= 0.3 is 0 Å². The van der Waals surface area contributed by atoms with Gasteiger partial charge in [-0.2, -0.15) is 5.10 Å². The molecule has 0 fully saturated rings. The highest BCUT2D eigenvalue weighted by atomic mass is 35.5. The highest BCUT2D eigenvalue weighted by Gasteiger charge is 2.11. The highest BCUT2D eigenvalue weighted by molar-refractivity contribution is 6.34. The van der Waals surface area contributed by atoms with Gasteiger partial charge in [0.05, 0.1) is 5.69 Å². The Kier molecular flexibility index (Phi) is 2.83. The normalized spacial score (nSPS) is 10.9. The Morgan fingerprint density at radius 3 is 2.58 bits per heavy atom. The molecule has 0 spiro atoms. The Morgan fingerprint density at radius 2 is 1.89 bits per heavy atom. The molecule has 0 saturated heterocycles. The van der Waals surface area contributed by atoms with Gasteiger partial charge in [0.15, 0.2) is 5.15 Å². The first-order chi connectivity index (χ1) is 9.15. The Morgan fingerprint density at radius 1 is 1.16 bits per heavy atom. The van der Waals surface area contributed by atoms with Crippen LogP contribution >= 0.6 is 11.6 Å². The number of rotatable bonds is 2. The van der Waals surface area contributed by atoms with E-state index in [1.54, 1.807) is 4.68 Å². The van der Waals surface area contributed by atoms with Crippen molar-refractivity contribution in [2.24, 2.45) is 7.05 Å². The zero-order valence-corrected chi connectivity index (χ0v) is 11.2. The number of hydrogen-bond acceptors (Lipinski definition) is 4. The largest absolute Gasteiger partial charge is 0.419 e. The van der Waals surface area contributed by atoms with Crippen molar-refractivity contribution in [3.63, 3.8) is 0 Å². The summed E-state index contributed by atoms with van der Waals surface area (Å²) in [7, 11) is 1.81. The summed E-state index contributed by atoms with van der Waals surface area (Å²) >= 11 is 6.02. The van der Waals surface area contributed by atoms with Crippen molar-refractivity contribution in [3.8, 4) is 11.8 Å². The fraction of sp³-hybridized carbons (Fsp3) is 0.154. The number of nitrogens with zero attached hydrogens (tertiary/aromatic N) is 4. The minimum atomic E-state index is 0.365. The van der Waals surface area contributed by atoms with Crippen molar-refractivity contribution in [1.82, 2.24) is 20.0 Å². The van der Waals surface area contributed by atoms with Crippen molar-refractivity contribution >= 4 is 22.4 Å². The summed E-state index contributed by atoms with van der Waals surface area (Å²) in [5.41, 5.74) is 0.878. The van der Waals surface area contributed by atoms with Crippen molar-refractivity contribution in [3.05, 3.63) is 41.2 Å². The van der Waals surface area contributed by atoms with Crippen LogP contribution in [-0.4, -0.2) is 20.0 Å². The predicted octanol–water partition coefficient (Wildman–Crippen LogP) is 3.12. The van der Waals surface area contributed by atoms with Crippen LogP contribution in [0.3, 0.4) is 0 Å². The lowest BCUT2D eigenvalue weighted by Crippen LogP contribution is -1.98. The molecule has 0 aliphatic rings. The lowest BCUT2D eigenvalue weighted by Gasteiger charge is -2.07. The van der Waals surface area contributed by atoms with E-state index in [0.29, 0.717) is 16.9 Å². The molecule has 0 unspecified atom stereocenters. The number of benzene rings is 1. The molecule has 0 aliphatic heterocycles. The molecule has 2 heterocycles. The number of hydrogen-bond donors (Lipinski definition) is 0. The van der Waals surface area contributed by atoms with Crippen molar-refractivity contribution in [2.75, 3.05) is 0 Å². The summed E-state index contributed by atoms with van der Waals surface area (Å²) < 4.78 is 7.42. The Labute approximate surface area is 114 Å². The maximum atomic E-state index is 6.02. The zero-order valence-electron chi connectivity index (χ0n) is 10.5. The van der Waals surface area contributed by atoms with Crippen molar-refractivity contribution in [2.45, 2.75) is 6.92 Å². The number of aromatic nitrogens is 4.